The molecule has 0 atom stereocenters. The highest BCUT2D eigenvalue weighted by Crippen LogP contribution is 2.39. The van der Waals surface area contributed by atoms with Crippen molar-refractivity contribution in [1.29, 1.82) is 0 Å². The average Bonchev–Trinajstić information content (AvgIpc) is 2.33. The molecule has 2 rings (SSSR count). The highest BCUT2D eigenvalue weighted by molar-refractivity contribution is 5.75. The van der Waals surface area contributed by atoms with Gasteiger partial charge in [0.1, 0.15) is 0 Å². The molecular weight excluding hydrogens is 212 g/mol. The van der Waals surface area contributed by atoms with Gasteiger partial charge in [-0.05, 0) is 31.7 Å². The predicted octanol–water partition coefficient (Wildman–Crippen LogP) is 3.57. The van der Waals surface area contributed by atoms with E-state index >= 15 is 0 Å². The molecule has 1 aliphatic rings. The van der Waals surface area contributed by atoms with Crippen molar-refractivity contribution in [3.63, 3.8) is 0 Å². The number of rotatable bonds is 3. The van der Waals surface area contributed by atoms with Gasteiger partial charge < -0.3 is 5.11 Å². The summed E-state index contributed by atoms with van der Waals surface area (Å²) in [6, 6.07) is 8.25. The van der Waals surface area contributed by atoms with Gasteiger partial charge in [-0.3, -0.25) is 4.79 Å². The van der Waals surface area contributed by atoms with Gasteiger partial charge in [0.05, 0.1) is 5.41 Å². The molecular formula is C15H20O2. The van der Waals surface area contributed by atoms with Gasteiger partial charge in [0, 0.05) is 0 Å². The number of aryl methyl sites for hydroxylation is 1. The summed E-state index contributed by atoms with van der Waals surface area (Å²) in [7, 11) is 0. The average molecular weight is 232 g/mol. The molecule has 17 heavy (non-hydrogen) atoms. The van der Waals surface area contributed by atoms with Crippen LogP contribution in [0.3, 0.4) is 0 Å². The molecule has 1 saturated carbocycles. The first-order valence-corrected chi connectivity index (χ1v) is 6.41. The van der Waals surface area contributed by atoms with Crippen molar-refractivity contribution in [3.8, 4) is 0 Å². The van der Waals surface area contributed by atoms with Gasteiger partial charge in [-0.25, -0.2) is 0 Å². The Morgan fingerprint density at radius 3 is 2.29 bits per heavy atom. The van der Waals surface area contributed by atoms with E-state index in [1.54, 1.807) is 0 Å². The number of carboxylic acids is 1. The van der Waals surface area contributed by atoms with Crippen LogP contribution in [-0.2, 0) is 11.2 Å². The van der Waals surface area contributed by atoms with Gasteiger partial charge >= 0.3 is 5.97 Å². The van der Waals surface area contributed by atoms with Crippen LogP contribution in [0, 0.1) is 12.3 Å². The Morgan fingerprint density at radius 2 is 1.76 bits per heavy atom. The molecule has 1 N–H and O–H groups in total. The second-order valence-corrected chi connectivity index (χ2v) is 5.31. The van der Waals surface area contributed by atoms with Gasteiger partial charge in [-0.15, -0.1) is 0 Å². The Balaban J connectivity index is 2.17. The summed E-state index contributed by atoms with van der Waals surface area (Å²) < 4.78 is 0. The molecule has 0 unspecified atom stereocenters. The first-order valence-electron chi connectivity index (χ1n) is 6.41. The lowest BCUT2D eigenvalue weighted by Gasteiger charge is -2.33. The van der Waals surface area contributed by atoms with Crippen molar-refractivity contribution < 1.29 is 9.90 Å². The van der Waals surface area contributed by atoms with Gasteiger partial charge in [-0.2, -0.15) is 0 Å². The van der Waals surface area contributed by atoms with Crippen molar-refractivity contribution in [2.75, 3.05) is 0 Å². The summed E-state index contributed by atoms with van der Waals surface area (Å²) in [5.74, 6) is -0.613. The van der Waals surface area contributed by atoms with Crippen LogP contribution in [0.2, 0.25) is 0 Å². The summed E-state index contributed by atoms with van der Waals surface area (Å²) in [5, 5.41) is 9.50. The number of carbonyl (C=O) groups is 1. The maximum absolute atomic E-state index is 11.5. The first-order chi connectivity index (χ1) is 8.12. The molecule has 2 heteroatoms. The van der Waals surface area contributed by atoms with Gasteiger partial charge in [-0.1, -0.05) is 49.1 Å². The molecule has 92 valence electrons. The second kappa shape index (κ2) is 4.91. The summed E-state index contributed by atoms with van der Waals surface area (Å²) in [6.07, 6.45) is 5.63. The minimum absolute atomic E-state index is 0.506. The highest BCUT2D eigenvalue weighted by atomic mass is 16.4. The van der Waals surface area contributed by atoms with E-state index in [4.69, 9.17) is 0 Å². The van der Waals surface area contributed by atoms with Crippen molar-refractivity contribution in [2.45, 2.75) is 45.4 Å². The van der Waals surface area contributed by atoms with E-state index in [-0.39, 0.29) is 0 Å². The number of benzene rings is 1. The van der Waals surface area contributed by atoms with E-state index in [1.165, 1.54) is 12.0 Å². The molecule has 2 nitrogen and oxygen atoms in total. The normalized spacial score (nSPS) is 18.9. The Kier molecular flexibility index (Phi) is 3.51. The Labute approximate surface area is 103 Å². The molecule has 0 amide bonds. The van der Waals surface area contributed by atoms with Crippen molar-refractivity contribution in [3.05, 3.63) is 35.4 Å². The molecule has 0 spiro atoms. The fourth-order valence-corrected chi connectivity index (χ4v) is 2.79. The monoisotopic (exact) mass is 232 g/mol. The van der Waals surface area contributed by atoms with Crippen LogP contribution in [0.4, 0.5) is 0 Å². The lowest BCUT2D eigenvalue weighted by molar-refractivity contribution is -0.151. The highest BCUT2D eigenvalue weighted by Gasteiger charge is 2.39. The fourth-order valence-electron chi connectivity index (χ4n) is 2.79. The van der Waals surface area contributed by atoms with Crippen LogP contribution >= 0.6 is 0 Å². The lowest BCUT2D eigenvalue weighted by Crippen LogP contribution is -2.35. The Bertz CT molecular complexity index is 386. The zero-order valence-corrected chi connectivity index (χ0v) is 10.4. The van der Waals surface area contributed by atoms with Gasteiger partial charge in [0.15, 0.2) is 0 Å². The molecule has 0 aromatic heterocycles. The molecule has 0 bridgehead atoms. The molecule has 0 heterocycles. The zero-order chi connectivity index (χ0) is 12.3. The largest absolute Gasteiger partial charge is 0.481 e. The molecule has 1 fully saturated rings. The van der Waals surface area contributed by atoms with Crippen LogP contribution in [0.25, 0.3) is 0 Å². The minimum atomic E-state index is -0.613. The maximum atomic E-state index is 11.5. The van der Waals surface area contributed by atoms with Crippen LogP contribution in [0.1, 0.15) is 43.2 Å². The van der Waals surface area contributed by atoms with Crippen LogP contribution in [-0.4, -0.2) is 11.1 Å². The van der Waals surface area contributed by atoms with E-state index in [1.807, 2.05) is 0 Å². The number of carboxylic acid groups (broad SMARTS) is 1. The van der Waals surface area contributed by atoms with Crippen molar-refractivity contribution >= 4 is 5.97 Å². The van der Waals surface area contributed by atoms with Crippen LogP contribution < -0.4 is 0 Å². The summed E-state index contributed by atoms with van der Waals surface area (Å²) in [4.78, 5) is 11.5. The zero-order valence-electron chi connectivity index (χ0n) is 10.4. The molecule has 0 saturated heterocycles. The molecule has 1 aromatic rings. The second-order valence-electron chi connectivity index (χ2n) is 5.31. The third-order valence-electron chi connectivity index (χ3n) is 3.93. The van der Waals surface area contributed by atoms with Crippen molar-refractivity contribution in [2.24, 2.45) is 5.41 Å². The van der Waals surface area contributed by atoms with E-state index in [9.17, 15) is 9.90 Å². The summed E-state index contributed by atoms with van der Waals surface area (Å²) >= 11 is 0. The number of hydrogen-bond donors (Lipinski definition) is 1. The first kappa shape index (κ1) is 12.2. The lowest BCUT2D eigenvalue weighted by atomic mass is 9.70. The van der Waals surface area contributed by atoms with Crippen LogP contribution in [0.15, 0.2) is 24.3 Å². The molecule has 1 aromatic carbocycles. The standard InChI is InChI=1S/C15H20O2/c1-12-5-7-13(8-6-12)11-15(14(16)17)9-3-2-4-10-15/h5-8H,2-4,9-11H2,1H3,(H,16,17). The number of hydrogen-bond acceptors (Lipinski definition) is 1. The number of aliphatic carboxylic acids is 1. The fraction of sp³-hybridized carbons (Fsp3) is 0.533. The molecule has 1 aliphatic carbocycles. The van der Waals surface area contributed by atoms with Crippen LogP contribution in [0.5, 0.6) is 0 Å². The molecule has 0 aliphatic heterocycles. The smallest absolute Gasteiger partial charge is 0.309 e. The van der Waals surface area contributed by atoms with Gasteiger partial charge in [0.2, 0.25) is 0 Å². The third-order valence-corrected chi connectivity index (χ3v) is 3.93. The van der Waals surface area contributed by atoms with Crippen molar-refractivity contribution in [1.82, 2.24) is 0 Å². The summed E-state index contributed by atoms with van der Waals surface area (Å²) in [6.45, 7) is 2.05. The topological polar surface area (TPSA) is 37.3 Å². The van der Waals surface area contributed by atoms with E-state index in [2.05, 4.69) is 31.2 Å². The van der Waals surface area contributed by atoms with Gasteiger partial charge in [0.25, 0.3) is 0 Å². The predicted molar refractivity (Wildman–Crippen MR) is 68.0 cm³/mol. The van der Waals surface area contributed by atoms with E-state index in [0.29, 0.717) is 6.42 Å². The SMILES string of the molecule is Cc1ccc(CC2(C(=O)O)CCCCC2)cc1. The maximum Gasteiger partial charge on any atom is 0.309 e. The summed E-state index contributed by atoms with van der Waals surface area (Å²) in [5.41, 5.74) is 1.87. The molecule has 0 radical (unpaired) electrons. The Hall–Kier alpha value is -1.31. The minimum Gasteiger partial charge on any atom is -0.481 e. The van der Waals surface area contributed by atoms with E-state index < -0.39 is 11.4 Å². The van der Waals surface area contributed by atoms with E-state index in [0.717, 1.165) is 31.2 Å². The Morgan fingerprint density at radius 1 is 1.18 bits per heavy atom. The quantitative estimate of drug-likeness (QED) is 0.865. The third kappa shape index (κ3) is 2.68.